The summed E-state index contributed by atoms with van der Waals surface area (Å²) in [4.78, 5) is 11.8. The quantitative estimate of drug-likeness (QED) is 0.849. The molecule has 0 bridgehead atoms. The van der Waals surface area contributed by atoms with Gasteiger partial charge in [0.05, 0.1) is 10.9 Å². The number of halogens is 1. The Hall–Kier alpha value is -0.920. The molecule has 1 aromatic rings. The Morgan fingerprint density at radius 2 is 1.89 bits per heavy atom. The van der Waals surface area contributed by atoms with Crippen molar-refractivity contribution in [1.82, 2.24) is 10.0 Å². The van der Waals surface area contributed by atoms with Crippen molar-refractivity contribution in [3.8, 4) is 0 Å². The van der Waals surface area contributed by atoms with Crippen LogP contribution in [0.15, 0.2) is 33.6 Å². The van der Waals surface area contributed by atoms with Crippen LogP contribution < -0.4 is 10.0 Å². The number of rotatable bonds is 5. The van der Waals surface area contributed by atoms with Crippen molar-refractivity contribution >= 4 is 31.9 Å². The summed E-state index contributed by atoms with van der Waals surface area (Å²) in [7, 11) is -3.70. The molecule has 19 heavy (non-hydrogen) atoms. The highest BCUT2D eigenvalue weighted by Crippen LogP contribution is 2.16. The molecule has 0 saturated carbocycles. The molecule has 1 rings (SSSR count). The van der Waals surface area contributed by atoms with Gasteiger partial charge in [-0.1, -0.05) is 22.0 Å². The fourth-order valence-electron chi connectivity index (χ4n) is 1.40. The Morgan fingerprint density at radius 1 is 1.26 bits per heavy atom. The summed E-state index contributed by atoms with van der Waals surface area (Å²) in [6.07, 6.45) is 0. The molecular formula is C12H17BrN2O3S. The number of benzene rings is 1. The Morgan fingerprint density at radius 3 is 2.42 bits per heavy atom. The second-order valence-electron chi connectivity index (χ2n) is 4.46. The fraction of sp³-hybridized carbons (Fsp3) is 0.417. The van der Waals surface area contributed by atoms with Gasteiger partial charge in [-0.3, -0.25) is 4.79 Å². The minimum Gasteiger partial charge on any atom is -0.353 e. The minimum absolute atomic E-state index is 0.0367. The summed E-state index contributed by atoms with van der Waals surface area (Å²) in [5.74, 6) is -0.353. The van der Waals surface area contributed by atoms with Crippen LogP contribution in [-0.4, -0.2) is 26.4 Å². The van der Waals surface area contributed by atoms with E-state index in [0.29, 0.717) is 4.47 Å². The smallest absolute Gasteiger partial charge is 0.241 e. The maximum absolute atomic E-state index is 12.1. The molecule has 1 unspecified atom stereocenters. The molecule has 2 N–H and O–H groups in total. The Balaban J connectivity index is 2.83. The summed E-state index contributed by atoms with van der Waals surface area (Å²) in [5, 5.41) is 2.65. The largest absolute Gasteiger partial charge is 0.353 e. The third kappa shape index (κ3) is 4.93. The van der Waals surface area contributed by atoms with Gasteiger partial charge in [-0.25, -0.2) is 8.42 Å². The average Bonchev–Trinajstić information content (AvgIpc) is 2.27. The first kappa shape index (κ1) is 16.1. The molecule has 7 heteroatoms. The number of carbonyl (C=O) groups excluding carboxylic acids is 1. The molecule has 0 spiro atoms. The highest BCUT2D eigenvalue weighted by molar-refractivity contribution is 9.10. The van der Waals surface area contributed by atoms with Gasteiger partial charge in [0.25, 0.3) is 0 Å². The van der Waals surface area contributed by atoms with Crippen LogP contribution in [0.5, 0.6) is 0 Å². The first-order valence-electron chi connectivity index (χ1n) is 5.80. The van der Waals surface area contributed by atoms with Crippen molar-refractivity contribution in [3.05, 3.63) is 28.7 Å². The van der Waals surface area contributed by atoms with E-state index in [2.05, 4.69) is 26.0 Å². The lowest BCUT2D eigenvalue weighted by Crippen LogP contribution is -2.46. The highest BCUT2D eigenvalue weighted by Gasteiger charge is 2.22. The number of sulfonamides is 1. The van der Waals surface area contributed by atoms with Gasteiger partial charge in [0.15, 0.2) is 0 Å². The van der Waals surface area contributed by atoms with E-state index in [0.717, 1.165) is 0 Å². The van der Waals surface area contributed by atoms with Crippen molar-refractivity contribution in [1.29, 1.82) is 0 Å². The molecule has 0 aliphatic carbocycles. The van der Waals surface area contributed by atoms with E-state index in [4.69, 9.17) is 0 Å². The van der Waals surface area contributed by atoms with Crippen molar-refractivity contribution in [2.24, 2.45) is 0 Å². The fourth-order valence-corrected chi connectivity index (χ4v) is 3.20. The summed E-state index contributed by atoms with van der Waals surface area (Å²) in [6, 6.07) is 5.44. The van der Waals surface area contributed by atoms with Crippen molar-refractivity contribution < 1.29 is 13.2 Å². The van der Waals surface area contributed by atoms with E-state index in [1.54, 1.807) is 12.1 Å². The van der Waals surface area contributed by atoms with E-state index in [9.17, 15) is 13.2 Å². The topological polar surface area (TPSA) is 75.3 Å². The highest BCUT2D eigenvalue weighted by atomic mass is 79.9. The predicted molar refractivity (Wildman–Crippen MR) is 77.2 cm³/mol. The molecule has 1 aromatic carbocycles. The summed E-state index contributed by atoms with van der Waals surface area (Å²) >= 11 is 3.21. The van der Waals surface area contributed by atoms with Crippen LogP contribution in [0.3, 0.4) is 0 Å². The molecule has 0 aliphatic heterocycles. The van der Waals surface area contributed by atoms with Crippen LogP contribution in [0, 0.1) is 0 Å². The third-order valence-electron chi connectivity index (χ3n) is 2.26. The summed E-state index contributed by atoms with van der Waals surface area (Å²) in [6.45, 7) is 5.13. The van der Waals surface area contributed by atoms with Gasteiger partial charge in [-0.2, -0.15) is 4.72 Å². The minimum atomic E-state index is -3.70. The SMILES string of the molecule is CC(C)NC(=O)C(C)NS(=O)(=O)c1cccc(Br)c1. The van der Waals surface area contributed by atoms with Gasteiger partial charge in [0.2, 0.25) is 15.9 Å². The van der Waals surface area contributed by atoms with Crippen LogP contribution in [0.2, 0.25) is 0 Å². The zero-order chi connectivity index (χ0) is 14.6. The predicted octanol–water partition coefficient (Wildman–Crippen LogP) is 1.64. The van der Waals surface area contributed by atoms with Crippen LogP contribution in [0.25, 0.3) is 0 Å². The third-order valence-corrected chi connectivity index (χ3v) is 4.29. The molecule has 0 heterocycles. The second kappa shape index (κ2) is 6.49. The van der Waals surface area contributed by atoms with Crippen LogP contribution in [0.1, 0.15) is 20.8 Å². The second-order valence-corrected chi connectivity index (χ2v) is 7.09. The summed E-state index contributed by atoms with van der Waals surface area (Å²) < 4.78 is 27.2. The van der Waals surface area contributed by atoms with Gasteiger partial charge in [-0.05, 0) is 39.0 Å². The normalized spacial score (nSPS) is 13.3. The molecule has 0 aromatic heterocycles. The zero-order valence-electron chi connectivity index (χ0n) is 11.0. The molecule has 5 nitrogen and oxygen atoms in total. The standard InChI is InChI=1S/C12H17BrN2O3S/c1-8(2)14-12(16)9(3)15-19(17,18)11-6-4-5-10(13)7-11/h4-9,15H,1-3H3,(H,14,16). The van der Waals surface area contributed by atoms with Gasteiger partial charge in [0.1, 0.15) is 0 Å². The Kier molecular flexibility index (Phi) is 5.51. The number of hydrogen-bond acceptors (Lipinski definition) is 3. The van der Waals surface area contributed by atoms with Gasteiger partial charge < -0.3 is 5.32 Å². The molecule has 0 aliphatic rings. The van der Waals surface area contributed by atoms with E-state index in [-0.39, 0.29) is 16.8 Å². The lowest BCUT2D eigenvalue weighted by atomic mass is 10.3. The van der Waals surface area contributed by atoms with Crippen molar-refractivity contribution in [3.63, 3.8) is 0 Å². The lowest BCUT2D eigenvalue weighted by molar-refractivity contribution is -0.122. The Bertz CT molecular complexity index is 558. The number of carbonyl (C=O) groups is 1. The van der Waals surface area contributed by atoms with E-state index < -0.39 is 16.1 Å². The molecular weight excluding hydrogens is 332 g/mol. The molecule has 0 radical (unpaired) electrons. The van der Waals surface area contributed by atoms with Gasteiger partial charge in [0, 0.05) is 10.5 Å². The maximum atomic E-state index is 12.1. The van der Waals surface area contributed by atoms with E-state index >= 15 is 0 Å². The first-order valence-corrected chi connectivity index (χ1v) is 8.08. The zero-order valence-corrected chi connectivity index (χ0v) is 13.4. The first-order chi connectivity index (χ1) is 8.72. The van der Waals surface area contributed by atoms with Gasteiger partial charge >= 0.3 is 0 Å². The lowest BCUT2D eigenvalue weighted by Gasteiger charge is -2.16. The maximum Gasteiger partial charge on any atom is 0.241 e. The molecule has 0 saturated heterocycles. The van der Waals surface area contributed by atoms with Crippen LogP contribution in [0.4, 0.5) is 0 Å². The Labute approximate surface area is 122 Å². The number of hydrogen-bond donors (Lipinski definition) is 2. The van der Waals surface area contributed by atoms with Crippen molar-refractivity contribution in [2.45, 2.75) is 37.8 Å². The van der Waals surface area contributed by atoms with E-state index in [1.807, 2.05) is 13.8 Å². The van der Waals surface area contributed by atoms with Crippen LogP contribution >= 0.6 is 15.9 Å². The number of amides is 1. The molecule has 1 amide bonds. The monoisotopic (exact) mass is 348 g/mol. The van der Waals surface area contributed by atoms with Gasteiger partial charge in [-0.15, -0.1) is 0 Å². The van der Waals surface area contributed by atoms with E-state index in [1.165, 1.54) is 19.1 Å². The average molecular weight is 349 g/mol. The molecule has 0 fully saturated rings. The van der Waals surface area contributed by atoms with Crippen LogP contribution in [-0.2, 0) is 14.8 Å². The number of nitrogens with one attached hydrogen (secondary N) is 2. The summed E-state index contributed by atoms with van der Waals surface area (Å²) in [5.41, 5.74) is 0. The van der Waals surface area contributed by atoms with Crippen molar-refractivity contribution in [2.75, 3.05) is 0 Å². The molecule has 106 valence electrons. The molecule has 1 atom stereocenters.